The molecule has 1 saturated heterocycles. The molecule has 0 aromatic heterocycles. The van der Waals surface area contributed by atoms with E-state index in [0.29, 0.717) is 0 Å². The molecular formula is C9H17NO11S. The second-order valence-electron chi connectivity index (χ2n) is 4.75. The average molecular weight is 347 g/mol. The number of hydrogen-bond acceptors (Lipinski definition) is 11. The van der Waals surface area contributed by atoms with Crippen LogP contribution in [0.5, 0.6) is 0 Å². The molecule has 0 spiro atoms. The fourth-order valence-corrected chi connectivity index (χ4v) is 2.23. The van der Waals surface area contributed by atoms with Gasteiger partial charge >= 0.3 is 16.4 Å². The van der Waals surface area contributed by atoms with Crippen molar-refractivity contribution in [2.24, 2.45) is 5.73 Å². The molecule has 0 aliphatic carbocycles. The normalized spacial score (nSPS) is 35.7. The van der Waals surface area contributed by atoms with Gasteiger partial charge < -0.3 is 40.2 Å². The Morgan fingerprint density at radius 3 is 2.45 bits per heavy atom. The van der Waals surface area contributed by atoms with E-state index in [4.69, 9.17) is 20.1 Å². The highest BCUT2D eigenvalue weighted by atomic mass is 32.3. The van der Waals surface area contributed by atoms with Crippen LogP contribution in [0.25, 0.3) is 0 Å². The predicted octanol–water partition coefficient (Wildman–Crippen LogP) is -4.79. The summed E-state index contributed by atoms with van der Waals surface area (Å²) in [5.41, 5.74) is 5.51. The van der Waals surface area contributed by atoms with E-state index in [2.05, 4.69) is 4.18 Å². The van der Waals surface area contributed by atoms with E-state index < -0.39 is 65.6 Å². The molecule has 0 saturated carbocycles. The molecule has 8 N–H and O–H groups in total. The quantitative estimate of drug-likeness (QED) is 0.233. The summed E-state index contributed by atoms with van der Waals surface area (Å²) in [5, 5.41) is 47.4. The summed E-state index contributed by atoms with van der Waals surface area (Å²) >= 11 is 0. The Kier molecular flexibility index (Phi) is 5.82. The summed E-state index contributed by atoms with van der Waals surface area (Å²) in [6.45, 7) is -0.919. The van der Waals surface area contributed by atoms with E-state index >= 15 is 0 Å². The minimum Gasteiger partial charge on any atom is -0.394 e. The molecule has 1 rings (SSSR count). The summed E-state index contributed by atoms with van der Waals surface area (Å²) in [6, 6.07) is -1.38. The summed E-state index contributed by atoms with van der Waals surface area (Å²) in [4.78, 5) is 11.5. The highest BCUT2D eigenvalue weighted by Gasteiger charge is 2.54. The van der Waals surface area contributed by atoms with Gasteiger partial charge in [0.25, 0.3) is 5.79 Å². The van der Waals surface area contributed by atoms with Gasteiger partial charge in [0.05, 0.1) is 18.8 Å². The van der Waals surface area contributed by atoms with Gasteiger partial charge in [0.1, 0.15) is 18.3 Å². The first-order valence-electron chi connectivity index (χ1n) is 5.93. The van der Waals surface area contributed by atoms with Crippen LogP contribution in [-0.2, 0) is 24.1 Å². The number of nitrogens with two attached hydrogens (primary N) is 1. The van der Waals surface area contributed by atoms with Crippen molar-refractivity contribution in [1.82, 2.24) is 0 Å². The highest BCUT2D eigenvalue weighted by Crippen LogP contribution is 2.30. The van der Waals surface area contributed by atoms with Crippen LogP contribution in [0.4, 0.5) is 0 Å². The Labute approximate surface area is 124 Å². The van der Waals surface area contributed by atoms with Gasteiger partial charge in [-0.1, -0.05) is 0 Å². The molecule has 1 fully saturated rings. The van der Waals surface area contributed by atoms with Crippen LogP contribution in [0.2, 0.25) is 0 Å². The smallest absolute Gasteiger partial charge is 0.394 e. The number of carbonyl (C=O) groups excluding carboxylic acids is 1. The topological polar surface area (TPSA) is 217 Å². The van der Waals surface area contributed by atoms with E-state index in [0.717, 1.165) is 0 Å². The van der Waals surface area contributed by atoms with Gasteiger partial charge in [-0.3, -0.25) is 4.55 Å². The first-order valence-corrected chi connectivity index (χ1v) is 7.30. The number of aliphatic hydroxyl groups excluding tert-OH is 4. The minimum absolute atomic E-state index is 0.916. The van der Waals surface area contributed by atoms with E-state index in [-0.39, 0.29) is 0 Å². The van der Waals surface area contributed by atoms with Crippen LogP contribution in [0, 0.1) is 0 Å². The van der Waals surface area contributed by atoms with Crippen molar-refractivity contribution < 1.29 is 52.2 Å². The van der Waals surface area contributed by atoms with Crippen LogP contribution in [0.1, 0.15) is 6.42 Å². The Morgan fingerprint density at radius 2 is 2.00 bits per heavy atom. The van der Waals surface area contributed by atoms with E-state index in [9.17, 15) is 33.6 Å². The van der Waals surface area contributed by atoms with Gasteiger partial charge in [-0.05, 0) is 0 Å². The largest absolute Gasteiger partial charge is 0.449 e. The first kappa shape index (κ1) is 19.1. The molecule has 1 heterocycles. The monoisotopic (exact) mass is 347 g/mol. The highest BCUT2D eigenvalue weighted by molar-refractivity contribution is 7.81. The molecule has 6 atom stereocenters. The standard InChI is InChI=1S/C9H17NO11S/c10-5-3(12)1-9(16,8(15)21-22(17,18)19)20-7(5)6(14)4(13)2-11/h3-7,11-14,16H,1-2,10H2,(H,17,18,19)/t3-,4?,5+,6?,7+,9?/m0/s1. The number of ether oxygens (including phenoxy) is 1. The Balaban J connectivity index is 3.01. The van der Waals surface area contributed by atoms with Gasteiger partial charge in [-0.15, -0.1) is 0 Å². The van der Waals surface area contributed by atoms with Gasteiger partial charge in [0, 0.05) is 6.42 Å². The van der Waals surface area contributed by atoms with Crippen molar-refractivity contribution in [3.8, 4) is 0 Å². The first-order chi connectivity index (χ1) is 9.91. The van der Waals surface area contributed by atoms with E-state index in [1.165, 1.54) is 0 Å². The zero-order valence-corrected chi connectivity index (χ0v) is 11.8. The number of carbonyl (C=O) groups is 1. The predicted molar refractivity (Wildman–Crippen MR) is 65.2 cm³/mol. The third kappa shape index (κ3) is 4.31. The fraction of sp³-hybridized carbons (Fsp3) is 0.889. The van der Waals surface area contributed by atoms with Crippen LogP contribution < -0.4 is 5.73 Å². The molecule has 22 heavy (non-hydrogen) atoms. The van der Waals surface area contributed by atoms with Gasteiger partial charge in [-0.2, -0.15) is 8.42 Å². The summed E-state index contributed by atoms with van der Waals surface area (Å²) in [6.07, 6.45) is -8.01. The Morgan fingerprint density at radius 1 is 1.45 bits per heavy atom. The molecule has 0 radical (unpaired) electrons. The van der Waals surface area contributed by atoms with Crippen molar-refractivity contribution in [2.45, 2.75) is 42.7 Å². The zero-order valence-electron chi connectivity index (χ0n) is 11.0. The average Bonchev–Trinajstić information content (AvgIpc) is 2.39. The van der Waals surface area contributed by atoms with Crippen LogP contribution in [0.3, 0.4) is 0 Å². The Bertz CT molecular complexity index is 510. The molecular weight excluding hydrogens is 330 g/mol. The van der Waals surface area contributed by atoms with Crippen LogP contribution in [0.15, 0.2) is 0 Å². The van der Waals surface area contributed by atoms with Crippen molar-refractivity contribution in [2.75, 3.05) is 6.61 Å². The molecule has 12 nitrogen and oxygen atoms in total. The SMILES string of the molecule is N[C@@H]1[C@@H](O)CC(O)(C(=O)OS(=O)(=O)O)O[C@H]1C(O)C(O)CO. The van der Waals surface area contributed by atoms with Crippen LogP contribution in [-0.4, -0.2) is 87.3 Å². The fourth-order valence-electron chi connectivity index (χ4n) is 1.91. The second-order valence-corrected chi connectivity index (χ2v) is 5.78. The number of aliphatic hydroxyl groups is 5. The lowest BCUT2D eigenvalue weighted by Gasteiger charge is -2.43. The zero-order chi connectivity index (χ0) is 17.3. The molecule has 130 valence electrons. The molecule has 0 aromatic carbocycles. The van der Waals surface area contributed by atoms with E-state index in [1.807, 2.05) is 0 Å². The number of hydrogen-bond donors (Lipinski definition) is 7. The lowest BCUT2D eigenvalue weighted by Crippen LogP contribution is -2.66. The Hall–Kier alpha value is -0.900. The van der Waals surface area contributed by atoms with Crippen LogP contribution >= 0.6 is 0 Å². The lowest BCUT2D eigenvalue weighted by molar-refractivity contribution is -0.291. The molecule has 1 aliphatic rings. The van der Waals surface area contributed by atoms with Gasteiger partial charge in [0.2, 0.25) is 0 Å². The summed E-state index contributed by atoms with van der Waals surface area (Å²) in [5.74, 6) is -5.03. The molecule has 3 unspecified atom stereocenters. The van der Waals surface area contributed by atoms with Gasteiger partial charge in [-0.25, -0.2) is 4.79 Å². The second kappa shape index (κ2) is 6.69. The van der Waals surface area contributed by atoms with Crippen molar-refractivity contribution in [3.63, 3.8) is 0 Å². The van der Waals surface area contributed by atoms with Crippen molar-refractivity contribution >= 4 is 16.4 Å². The third-order valence-electron chi connectivity index (χ3n) is 3.06. The van der Waals surface area contributed by atoms with Gasteiger partial charge in [0.15, 0.2) is 0 Å². The molecule has 1 aliphatic heterocycles. The molecule has 0 bridgehead atoms. The molecule has 13 heteroatoms. The summed E-state index contributed by atoms with van der Waals surface area (Å²) in [7, 11) is -5.25. The molecule has 0 aromatic rings. The molecule has 0 amide bonds. The third-order valence-corrected chi connectivity index (χ3v) is 3.42. The maximum absolute atomic E-state index is 11.5. The lowest BCUT2D eigenvalue weighted by atomic mass is 9.89. The minimum atomic E-state index is -5.25. The number of rotatable bonds is 5. The maximum Gasteiger partial charge on any atom is 0.449 e. The summed E-state index contributed by atoms with van der Waals surface area (Å²) < 4.78 is 37.7. The maximum atomic E-state index is 11.5. The van der Waals surface area contributed by atoms with E-state index in [1.54, 1.807) is 0 Å². The van der Waals surface area contributed by atoms with Crippen molar-refractivity contribution in [3.05, 3.63) is 0 Å². The van der Waals surface area contributed by atoms with Crippen molar-refractivity contribution in [1.29, 1.82) is 0 Å².